The van der Waals surface area contributed by atoms with Crippen LogP contribution in [0.3, 0.4) is 0 Å². The van der Waals surface area contributed by atoms with Crippen LogP contribution in [0.5, 0.6) is 5.75 Å². The molecule has 0 spiro atoms. The molecule has 5 rings (SSSR count). The van der Waals surface area contributed by atoms with Gasteiger partial charge in [0.25, 0.3) is 5.91 Å². The van der Waals surface area contributed by atoms with Gasteiger partial charge in [-0.25, -0.2) is 4.98 Å². The molecule has 0 saturated heterocycles. The fourth-order valence-corrected chi connectivity index (χ4v) is 5.42. The number of ether oxygens (including phenoxy) is 1. The van der Waals surface area contributed by atoms with Gasteiger partial charge in [0.2, 0.25) is 0 Å². The maximum absolute atomic E-state index is 13.4. The Balaban J connectivity index is 1.56. The van der Waals surface area contributed by atoms with Crippen LogP contribution in [0.4, 0.5) is 5.13 Å². The van der Waals surface area contributed by atoms with E-state index in [1.54, 1.807) is 7.11 Å². The number of ketones is 1. The SMILES string of the molecule is COc1ccc2nc(N3C(=O)C(O)=C(C(=O)CCc4ccccc4)C3c3cccc(C)c3)sc2c1. The van der Waals surface area contributed by atoms with Crippen LogP contribution in [0.1, 0.15) is 29.2 Å². The van der Waals surface area contributed by atoms with Gasteiger partial charge in [-0.15, -0.1) is 0 Å². The molecule has 1 aliphatic heterocycles. The standard InChI is InChI=1S/C28H24N2O4S/c1-17-7-6-10-19(15-17)25-24(22(31)14-11-18-8-4-3-5-9-18)26(32)27(33)30(25)28-29-21-13-12-20(34-2)16-23(21)35-28/h3-10,12-13,15-16,25,32H,11,14H2,1-2H3. The van der Waals surface area contributed by atoms with Crippen molar-refractivity contribution in [2.75, 3.05) is 12.0 Å². The first-order chi connectivity index (χ1) is 17.0. The summed E-state index contributed by atoms with van der Waals surface area (Å²) in [7, 11) is 1.59. The number of rotatable bonds is 7. The number of aromatic nitrogens is 1. The van der Waals surface area contributed by atoms with Gasteiger partial charge in [0.1, 0.15) is 5.75 Å². The van der Waals surface area contributed by atoms with Crippen LogP contribution in [0.15, 0.2) is 84.1 Å². The van der Waals surface area contributed by atoms with Crippen molar-refractivity contribution in [1.29, 1.82) is 0 Å². The summed E-state index contributed by atoms with van der Waals surface area (Å²) in [4.78, 5) is 32.9. The monoisotopic (exact) mass is 484 g/mol. The predicted molar refractivity (Wildman–Crippen MR) is 137 cm³/mol. The highest BCUT2D eigenvalue weighted by Crippen LogP contribution is 2.44. The Hall–Kier alpha value is -3.97. The first kappa shape index (κ1) is 22.8. The summed E-state index contributed by atoms with van der Waals surface area (Å²) in [5, 5.41) is 11.4. The van der Waals surface area contributed by atoms with E-state index in [1.807, 2.05) is 79.7 Å². The quantitative estimate of drug-likeness (QED) is 0.363. The molecule has 0 bridgehead atoms. The van der Waals surface area contributed by atoms with Gasteiger partial charge in [-0.05, 0) is 42.7 Å². The molecule has 1 atom stereocenters. The van der Waals surface area contributed by atoms with Crippen molar-refractivity contribution in [1.82, 2.24) is 4.98 Å². The van der Waals surface area contributed by atoms with E-state index < -0.39 is 17.7 Å². The van der Waals surface area contributed by atoms with E-state index in [1.165, 1.54) is 16.2 Å². The molecule has 2 heterocycles. The number of fused-ring (bicyclic) bond motifs is 1. The number of hydrogen-bond donors (Lipinski definition) is 1. The lowest BCUT2D eigenvalue weighted by Crippen LogP contribution is -2.31. The van der Waals surface area contributed by atoms with Crippen LogP contribution in [0.2, 0.25) is 0 Å². The Labute approximate surface area is 207 Å². The summed E-state index contributed by atoms with van der Waals surface area (Å²) in [6.45, 7) is 1.95. The number of aliphatic hydroxyl groups is 1. The molecule has 6 nitrogen and oxygen atoms in total. The van der Waals surface area contributed by atoms with E-state index in [0.717, 1.165) is 21.4 Å². The minimum Gasteiger partial charge on any atom is -0.503 e. The second-order valence-electron chi connectivity index (χ2n) is 8.49. The number of aryl methyl sites for hydroxylation is 2. The van der Waals surface area contributed by atoms with Crippen molar-refractivity contribution in [3.63, 3.8) is 0 Å². The lowest BCUT2D eigenvalue weighted by Gasteiger charge is -2.24. The average Bonchev–Trinajstić information content (AvgIpc) is 3.40. The van der Waals surface area contributed by atoms with Gasteiger partial charge in [0.15, 0.2) is 16.7 Å². The summed E-state index contributed by atoms with van der Waals surface area (Å²) in [5.74, 6) is -0.693. The van der Waals surface area contributed by atoms with E-state index in [0.29, 0.717) is 22.8 Å². The zero-order valence-electron chi connectivity index (χ0n) is 19.4. The van der Waals surface area contributed by atoms with Gasteiger partial charge in [-0.1, -0.05) is 71.5 Å². The molecular weight excluding hydrogens is 460 g/mol. The summed E-state index contributed by atoms with van der Waals surface area (Å²) < 4.78 is 6.16. The fraction of sp³-hybridized carbons (Fsp3) is 0.179. The molecule has 1 amide bonds. The minimum atomic E-state index is -0.756. The number of nitrogens with zero attached hydrogens (tertiary/aromatic N) is 2. The molecule has 7 heteroatoms. The topological polar surface area (TPSA) is 79.7 Å². The predicted octanol–water partition coefficient (Wildman–Crippen LogP) is 5.72. The number of thiazole rings is 1. The van der Waals surface area contributed by atoms with Gasteiger partial charge in [-0.2, -0.15) is 0 Å². The Morgan fingerprint density at radius 2 is 1.89 bits per heavy atom. The van der Waals surface area contributed by atoms with Gasteiger partial charge in [0.05, 0.1) is 28.9 Å². The Morgan fingerprint density at radius 3 is 2.63 bits per heavy atom. The molecule has 0 radical (unpaired) electrons. The molecule has 1 aliphatic rings. The van der Waals surface area contributed by atoms with Crippen LogP contribution < -0.4 is 9.64 Å². The number of methoxy groups -OCH3 is 1. The number of aliphatic hydroxyl groups excluding tert-OH is 1. The van der Waals surface area contributed by atoms with Crippen molar-refractivity contribution in [2.24, 2.45) is 0 Å². The van der Waals surface area contributed by atoms with Crippen LogP contribution in [0, 0.1) is 6.92 Å². The highest BCUT2D eigenvalue weighted by molar-refractivity contribution is 7.22. The highest BCUT2D eigenvalue weighted by atomic mass is 32.1. The minimum absolute atomic E-state index is 0.119. The molecular formula is C28H24N2O4S. The van der Waals surface area contributed by atoms with E-state index >= 15 is 0 Å². The number of carbonyl (C=O) groups is 2. The molecule has 4 aromatic rings. The number of anilines is 1. The molecule has 1 N–H and O–H groups in total. The largest absolute Gasteiger partial charge is 0.503 e. The Kier molecular flexibility index (Phi) is 6.09. The van der Waals surface area contributed by atoms with Crippen LogP contribution in [-0.2, 0) is 16.0 Å². The molecule has 0 saturated carbocycles. The van der Waals surface area contributed by atoms with E-state index in [-0.39, 0.29) is 17.8 Å². The number of hydrogen-bond acceptors (Lipinski definition) is 6. The van der Waals surface area contributed by atoms with Gasteiger partial charge >= 0.3 is 0 Å². The summed E-state index contributed by atoms with van der Waals surface area (Å²) in [6, 6.07) is 22.1. The summed E-state index contributed by atoms with van der Waals surface area (Å²) in [5.41, 5.74) is 3.60. The molecule has 1 aromatic heterocycles. The Morgan fingerprint density at radius 1 is 1.09 bits per heavy atom. The second-order valence-corrected chi connectivity index (χ2v) is 9.50. The number of carbonyl (C=O) groups excluding carboxylic acids is 2. The smallest absolute Gasteiger partial charge is 0.296 e. The number of benzene rings is 3. The van der Waals surface area contributed by atoms with E-state index in [2.05, 4.69) is 4.98 Å². The zero-order chi connectivity index (χ0) is 24.5. The fourth-order valence-electron chi connectivity index (χ4n) is 4.40. The third kappa shape index (κ3) is 4.31. The molecule has 35 heavy (non-hydrogen) atoms. The molecule has 0 fully saturated rings. The third-order valence-corrected chi connectivity index (χ3v) is 7.16. The van der Waals surface area contributed by atoms with Crippen molar-refractivity contribution in [3.05, 3.63) is 101 Å². The molecule has 3 aromatic carbocycles. The van der Waals surface area contributed by atoms with Gasteiger partial charge in [0, 0.05) is 6.42 Å². The maximum Gasteiger partial charge on any atom is 0.296 e. The summed E-state index contributed by atoms with van der Waals surface area (Å²) >= 11 is 1.32. The van der Waals surface area contributed by atoms with Crippen LogP contribution in [-0.4, -0.2) is 28.9 Å². The summed E-state index contributed by atoms with van der Waals surface area (Å²) in [6.07, 6.45) is 0.704. The van der Waals surface area contributed by atoms with Gasteiger partial charge in [-0.3, -0.25) is 14.5 Å². The van der Waals surface area contributed by atoms with E-state index in [9.17, 15) is 14.7 Å². The van der Waals surface area contributed by atoms with E-state index in [4.69, 9.17) is 4.74 Å². The number of Topliss-reactive ketones (excluding diaryl/α,β-unsaturated/α-hetero) is 1. The lowest BCUT2D eigenvalue weighted by molar-refractivity contribution is -0.118. The average molecular weight is 485 g/mol. The van der Waals surface area contributed by atoms with Crippen molar-refractivity contribution >= 4 is 38.4 Å². The molecule has 1 unspecified atom stereocenters. The Bertz CT molecular complexity index is 1460. The lowest BCUT2D eigenvalue weighted by atomic mass is 9.92. The molecule has 176 valence electrons. The highest BCUT2D eigenvalue weighted by Gasteiger charge is 2.45. The van der Waals surface area contributed by atoms with Crippen LogP contribution in [0.25, 0.3) is 10.2 Å². The normalized spacial score (nSPS) is 15.8. The number of amides is 1. The second kappa shape index (κ2) is 9.35. The zero-order valence-corrected chi connectivity index (χ0v) is 20.2. The van der Waals surface area contributed by atoms with Crippen molar-refractivity contribution < 1.29 is 19.4 Å². The molecule has 0 aliphatic carbocycles. The third-order valence-electron chi connectivity index (χ3n) is 6.14. The first-order valence-electron chi connectivity index (χ1n) is 11.3. The van der Waals surface area contributed by atoms with Crippen LogP contribution >= 0.6 is 11.3 Å². The van der Waals surface area contributed by atoms with Crippen molar-refractivity contribution in [2.45, 2.75) is 25.8 Å². The maximum atomic E-state index is 13.4. The van der Waals surface area contributed by atoms with Gasteiger partial charge < -0.3 is 9.84 Å². The first-order valence-corrected chi connectivity index (χ1v) is 12.1. The van der Waals surface area contributed by atoms with Crippen molar-refractivity contribution in [3.8, 4) is 5.75 Å².